The number of halogens is 2. The molecule has 0 spiro atoms. The monoisotopic (exact) mass is 541 g/mol. The summed E-state index contributed by atoms with van der Waals surface area (Å²) in [5.41, 5.74) is 0.882. The van der Waals surface area contributed by atoms with Crippen LogP contribution in [0.1, 0.15) is 6.92 Å². The third-order valence-corrected chi connectivity index (χ3v) is 7.80. The van der Waals surface area contributed by atoms with Gasteiger partial charge in [0.1, 0.15) is 6.04 Å². The van der Waals surface area contributed by atoms with Crippen LogP contribution in [0, 0.1) is 0 Å². The lowest BCUT2D eigenvalue weighted by atomic mass is 10.2. The summed E-state index contributed by atoms with van der Waals surface area (Å²) in [6, 6.07) is 16.7. The number of nitrogens with one attached hydrogen (secondary N) is 2. The zero-order valence-electron chi connectivity index (χ0n) is 18.1. The molecule has 0 saturated heterocycles. The van der Waals surface area contributed by atoms with E-state index in [1.807, 2.05) is 0 Å². The average Bonchev–Trinajstić information content (AvgIpc) is 2.74. The second-order valence-electron chi connectivity index (χ2n) is 7.34. The molecule has 0 heterocycles. The minimum atomic E-state index is -3.88. The molecule has 180 valence electrons. The van der Waals surface area contributed by atoms with E-state index in [9.17, 15) is 21.6 Å². The van der Waals surface area contributed by atoms with E-state index in [2.05, 4.69) is 10.0 Å². The smallest absolute Gasteiger partial charge is 0.261 e. The summed E-state index contributed by atoms with van der Waals surface area (Å²) in [6.07, 6.45) is 0.998. The van der Waals surface area contributed by atoms with Crippen molar-refractivity contribution < 1.29 is 21.6 Å². The van der Waals surface area contributed by atoms with Crippen molar-refractivity contribution in [1.29, 1.82) is 0 Å². The van der Waals surface area contributed by atoms with Gasteiger partial charge in [0.15, 0.2) is 0 Å². The van der Waals surface area contributed by atoms with Gasteiger partial charge in [0.05, 0.1) is 22.5 Å². The van der Waals surface area contributed by atoms with Gasteiger partial charge in [0.2, 0.25) is 15.9 Å². The molecule has 3 aromatic carbocycles. The first-order chi connectivity index (χ1) is 15.9. The topological polar surface area (TPSA) is 113 Å². The molecule has 3 aromatic rings. The Labute approximate surface area is 208 Å². The van der Waals surface area contributed by atoms with Gasteiger partial charge in [-0.2, -0.15) is 0 Å². The average molecular weight is 542 g/mol. The number of hydrogen-bond donors (Lipinski definition) is 2. The Bertz CT molecular complexity index is 1400. The minimum absolute atomic E-state index is 0.0301. The van der Waals surface area contributed by atoms with E-state index in [1.165, 1.54) is 61.5 Å². The summed E-state index contributed by atoms with van der Waals surface area (Å²) in [5.74, 6) is -0.604. The highest BCUT2D eigenvalue weighted by Gasteiger charge is 2.29. The van der Waals surface area contributed by atoms with Crippen LogP contribution in [0.15, 0.2) is 77.7 Å². The fraction of sp³-hybridized carbons (Fsp3) is 0.136. The van der Waals surface area contributed by atoms with Gasteiger partial charge in [-0.25, -0.2) is 16.8 Å². The van der Waals surface area contributed by atoms with Crippen LogP contribution in [0.2, 0.25) is 10.0 Å². The summed E-state index contributed by atoms with van der Waals surface area (Å²) in [4.78, 5) is 12.8. The maximum Gasteiger partial charge on any atom is 0.261 e. The van der Waals surface area contributed by atoms with Gasteiger partial charge in [-0.15, -0.1) is 0 Å². The normalized spacial score (nSPS) is 12.6. The van der Waals surface area contributed by atoms with Crippen molar-refractivity contribution >= 4 is 66.2 Å². The SMILES string of the molecule is CC(C(=O)Nc1ccc(S(=O)(=O)Nc2cccc(Cl)c2)cc1)N(c1ccc(Cl)cc1)S(C)(=O)=O. The molecule has 0 aliphatic rings. The lowest BCUT2D eigenvalue weighted by Gasteiger charge is -2.28. The number of hydrogen-bond acceptors (Lipinski definition) is 5. The van der Waals surface area contributed by atoms with Gasteiger partial charge in [-0.1, -0.05) is 29.3 Å². The number of benzene rings is 3. The number of anilines is 3. The predicted molar refractivity (Wildman–Crippen MR) is 136 cm³/mol. The molecule has 2 N–H and O–H groups in total. The Kier molecular flexibility index (Phi) is 7.77. The van der Waals surface area contributed by atoms with Gasteiger partial charge >= 0.3 is 0 Å². The molecule has 12 heteroatoms. The quantitative estimate of drug-likeness (QED) is 0.433. The molecule has 1 unspecified atom stereocenters. The fourth-order valence-corrected chi connectivity index (χ4v) is 5.67. The van der Waals surface area contributed by atoms with Crippen LogP contribution in [0.3, 0.4) is 0 Å². The van der Waals surface area contributed by atoms with Crippen molar-refractivity contribution in [1.82, 2.24) is 0 Å². The van der Waals surface area contributed by atoms with Crippen molar-refractivity contribution in [2.45, 2.75) is 17.9 Å². The summed E-state index contributed by atoms with van der Waals surface area (Å²) in [7, 11) is -7.68. The molecule has 34 heavy (non-hydrogen) atoms. The number of carbonyl (C=O) groups is 1. The largest absolute Gasteiger partial charge is 0.324 e. The van der Waals surface area contributed by atoms with Crippen molar-refractivity contribution in [3.05, 3.63) is 82.8 Å². The molecule has 0 fully saturated rings. The molecule has 0 aliphatic carbocycles. The first kappa shape index (κ1) is 25.8. The van der Waals surface area contributed by atoms with Crippen LogP contribution in [-0.2, 0) is 24.8 Å². The van der Waals surface area contributed by atoms with Crippen LogP contribution >= 0.6 is 23.2 Å². The number of rotatable bonds is 8. The third-order valence-electron chi connectivity index (χ3n) is 4.68. The highest BCUT2D eigenvalue weighted by atomic mass is 35.5. The van der Waals surface area contributed by atoms with E-state index in [-0.39, 0.29) is 10.6 Å². The predicted octanol–water partition coefficient (Wildman–Crippen LogP) is 4.59. The Hall–Kier alpha value is -2.79. The molecule has 1 atom stereocenters. The molecular weight excluding hydrogens is 521 g/mol. The van der Waals surface area contributed by atoms with Crippen molar-refractivity contribution in [2.24, 2.45) is 0 Å². The first-order valence-corrected chi connectivity index (χ1v) is 13.9. The Morgan fingerprint density at radius 3 is 2.03 bits per heavy atom. The summed E-state index contributed by atoms with van der Waals surface area (Å²) in [5, 5.41) is 3.42. The molecule has 0 aliphatic heterocycles. The van der Waals surface area contributed by atoms with Gasteiger partial charge in [-0.3, -0.25) is 13.8 Å². The highest BCUT2D eigenvalue weighted by molar-refractivity contribution is 7.92. The van der Waals surface area contributed by atoms with Gasteiger partial charge in [0.25, 0.3) is 10.0 Å². The molecule has 0 aromatic heterocycles. The van der Waals surface area contributed by atoms with Crippen LogP contribution < -0.4 is 14.3 Å². The number of carbonyl (C=O) groups excluding carboxylic acids is 1. The van der Waals surface area contributed by atoms with Crippen molar-refractivity contribution in [3.63, 3.8) is 0 Å². The molecule has 8 nitrogen and oxygen atoms in total. The van der Waals surface area contributed by atoms with Crippen LogP contribution in [0.25, 0.3) is 0 Å². The van der Waals surface area contributed by atoms with E-state index in [0.717, 1.165) is 10.6 Å². The van der Waals surface area contributed by atoms with Gasteiger partial charge in [0, 0.05) is 15.7 Å². The Morgan fingerprint density at radius 1 is 0.853 bits per heavy atom. The molecule has 3 rings (SSSR count). The zero-order valence-corrected chi connectivity index (χ0v) is 21.2. The fourth-order valence-electron chi connectivity index (χ4n) is 3.13. The van der Waals surface area contributed by atoms with Crippen LogP contribution in [-0.4, -0.2) is 35.0 Å². The summed E-state index contributed by atoms with van der Waals surface area (Å²) in [6.45, 7) is 1.44. The molecular formula is C22H21Cl2N3O5S2. The number of nitrogens with zero attached hydrogens (tertiary/aromatic N) is 1. The second-order valence-corrected chi connectivity index (χ2v) is 11.8. The third kappa shape index (κ3) is 6.41. The standard InChI is InChI=1S/C22H21Cl2N3O5S2/c1-15(27(33(2,29)30)20-10-6-16(23)7-11-20)22(28)25-18-8-12-21(13-9-18)34(31,32)26-19-5-3-4-17(24)14-19/h3-15,26H,1-2H3,(H,25,28). The number of amides is 1. The van der Waals surface area contributed by atoms with E-state index in [1.54, 1.807) is 18.2 Å². The van der Waals surface area contributed by atoms with Crippen LogP contribution in [0.4, 0.5) is 17.1 Å². The van der Waals surface area contributed by atoms with Crippen LogP contribution in [0.5, 0.6) is 0 Å². The summed E-state index contributed by atoms with van der Waals surface area (Å²) >= 11 is 11.8. The summed E-state index contributed by atoms with van der Waals surface area (Å²) < 4.78 is 53.4. The minimum Gasteiger partial charge on any atom is -0.324 e. The maximum absolute atomic E-state index is 12.8. The van der Waals surface area contributed by atoms with E-state index < -0.39 is 32.0 Å². The molecule has 0 bridgehead atoms. The Morgan fingerprint density at radius 2 is 1.47 bits per heavy atom. The lowest BCUT2D eigenvalue weighted by Crippen LogP contribution is -2.45. The van der Waals surface area contributed by atoms with Gasteiger partial charge in [-0.05, 0) is 73.7 Å². The van der Waals surface area contributed by atoms with Crippen molar-refractivity contribution in [2.75, 3.05) is 20.6 Å². The zero-order chi connectivity index (χ0) is 25.1. The number of sulfonamides is 2. The second kappa shape index (κ2) is 10.2. The molecule has 0 radical (unpaired) electrons. The first-order valence-electron chi connectivity index (χ1n) is 9.81. The highest BCUT2D eigenvalue weighted by Crippen LogP contribution is 2.24. The maximum atomic E-state index is 12.8. The van der Waals surface area contributed by atoms with E-state index in [4.69, 9.17) is 23.2 Å². The van der Waals surface area contributed by atoms with Gasteiger partial charge < -0.3 is 5.32 Å². The van der Waals surface area contributed by atoms with Crippen molar-refractivity contribution in [3.8, 4) is 0 Å². The van der Waals surface area contributed by atoms with E-state index in [0.29, 0.717) is 21.4 Å². The van der Waals surface area contributed by atoms with E-state index >= 15 is 0 Å². The lowest BCUT2D eigenvalue weighted by molar-refractivity contribution is -0.116. The molecule has 0 saturated carbocycles. The Balaban J connectivity index is 1.76. The molecule has 1 amide bonds.